The van der Waals surface area contributed by atoms with Gasteiger partial charge < -0.3 is 10.1 Å². The highest BCUT2D eigenvalue weighted by Crippen LogP contribution is 2.21. The lowest BCUT2D eigenvalue weighted by Gasteiger charge is -2.09. The van der Waals surface area contributed by atoms with E-state index in [9.17, 15) is 19.3 Å². The molecule has 0 bridgehead atoms. The fraction of sp³-hybridized carbons (Fsp3) is 0.133. The summed E-state index contributed by atoms with van der Waals surface area (Å²) in [5.41, 5.74) is 0.293. The lowest BCUT2D eigenvalue weighted by atomic mass is 10.2. The SMILES string of the molecule is Cc1ccccc1OCC(=O)Nc1cc([N+](=O)[O-])ccc1F. The van der Waals surface area contributed by atoms with Gasteiger partial charge in [0, 0.05) is 12.1 Å². The normalized spacial score (nSPS) is 10.1. The fourth-order valence-corrected chi connectivity index (χ4v) is 1.77. The smallest absolute Gasteiger partial charge is 0.271 e. The van der Waals surface area contributed by atoms with Crippen LogP contribution in [0.1, 0.15) is 5.56 Å². The zero-order valence-electron chi connectivity index (χ0n) is 11.7. The van der Waals surface area contributed by atoms with E-state index < -0.39 is 16.6 Å². The molecule has 0 saturated carbocycles. The molecule has 0 aliphatic rings. The molecule has 0 aliphatic heterocycles. The van der Waals surface area contributed by atoms with Crippen molar-refractivity contribution in [3.8, 4) is 5.75 Å². The van der Waals surface area contributed by atoms with Gasteiger partial charge in [-0.3, -0.25) is 14.9 Å². The van der Waals surface area contributed by atoms with Gasteiger partial charge in [-0.15, -0.1) is 0 Å². The number of para-hydroxylation sites is 1. The number of amides is 1. The van der Waals surface area contributed by atoms with E-state index in [4.69, 9.17) is 4.74 Å². The van der Waals surface area contributed by atoms with Crippen molar-refractivity contribution >= 4 is 17.3 Å². The number of ether oxygens (including phenoxy) is 1. The molecule has 22 heavy (non-hydrogen) atoms. The molecule has 0 saturated heterocycles. The summed E-state index contributed by atoms with van der Waals surface area (Å²) in [4.78, 5) is 21.7. The van der Waals surface area contributed by atoms with Gasteiger partial charge in [-0.2, -0.15) is 0 Å². The first-order valence-electron chi connectivity index (χ1n) is 6.39. The highest BCUT2D eigenvalue weighted by molar-refractivity contribution is 5.92. The summed E-state index contributed by atoms with van der Waals surface area (Å²) in [5, 5.41) is 12.9. The van der Waals surface area contributed by atoms with Crippen LogP contribution in [0, 0.1) is 22.9 Å². The van der Waals surface area contributed by atoms with Crippen LogP contribution in [-0.4, -0.2) is 17.4 Å². The number of anilines is 1. The van der Waals surface area contributed by atoms with Crippen molar-refractivity contribution in [1.82, 2.24) is 0 Å². The Labute approximate surface area is 125 Å². The van der Waals surface area contributed by atoms with Crippen molar-refractivity contribution in [3.05, 3.63) is 64.0 Å². The zero-order chi connectivity index (χ0) is 16.1. The number of non-ortho nitro benzene ring substituents is 1. The molecule has 6 nitrogen and oxygen atoms in total. The number of benzene rings is 2. The molecule has 0 spiro atoms. The Hall–Kier alpha value is -2.96. The number of nitrogens with zero attached hydrogens (tertiary/aromatic N) is 1. The first-order chi connectivity index (χ1) is 10.5. The second-order valence-electron chi connectivity index (χ2n) is 4.52. The number of carbonyl (C=O) groups is 1. The molecule has 1 N–H and O–H groups in total. The lowest BCUT2D eigenvalue weighted by Crippen LogP contribution is -2.21. The van der Waals surface area contributed by atoms with Crippen LogP contribution >= 0.6 is 0 Å². The average molecular weight is 304 g/mol. The number of halogens is 1. The zero-order valence-corrected chi connectivity index (χ0v) is 11.7. The molecule has 0 unspecified atom stereocenters. The van der Waals surface area contributed by atoms with Gasteiger partial charge in [0.15, 0.2) is 6.61 Å². The Bertz CT molecular complexity index is 718. The van der Waals surface area contributed by atoms with E-state index in [1.54, 1.807) is 12.1 Å². The maximum Gasteiger partial charge on any atom is 0.271 e. The first kappa shape index (κ1) is 15.4. The molecule has 0 fully saturated rings. The minimum Gasteiger partial charge on any atom is -0.483 e. The van der Waals surface area contributed by atoms with Crippen molar-refractivity contribution in [2.24, 2.45) is 0 Å². The third-order valence-corrected chi connectivity index (χ3v) is 2.89. The molecule has 0 heterocycles. The molecule has 7 heteroatoms. The Kier molecular flexibility index (Phi) is 4.67. The third kappa shape index (κ3) is 3.78. The molecule has 2 aromatic rings. The molecule has 0 aliphatic carbocycles. The van der Waals surface area contributed by atoms with Gasteiger partial charge in [0.2, 0.25) is 0 Å². The van der Waals surface area contributed by atoms with Gasteiger partial charge in [-0.25, -0.2) is 4.39 Å². The van der Waals surface area contributed by atoms with E-state index in [1.165, 1.54) is 0 Å². The molecule has 1 amide bonds. The predicted molar refractivity (Wildman–Crippen MR) is 78.4 cm³/mol. The highest BCUT2D eigenvalue weighted by atomic mass is 19.1. The van der Waals surface area contributed by atoms with Crippen LogP contribution in [0.5, 0.6) is 5.75 Å². The number of hydrogen-bond acceptors (Lipinski definition) is 4. The number of carbonyl (C=O) groups excluding carboxylic acids is 1. The number of nitrogens with one attached hydrogen (secondary N) is 1. The largest absolute Gasteiger partial charge is 0.483 e. The Morgan fingerprint density at radius 3 is 2.73 bits per heavy atom. The Balaban J connectivity index is 2.02. The fourth-order valence-electron chi connectivity index (χ4n) is 1.77. The summed E-state index contributed by atoms with van der Waals surface area (Å²) in [6.07, 6.45) is 0. The van der Waals surface area contributed by atoms with Crippen molar-refractivity contribution in [2.45, 2.75) is 6.92 Å². The highest BCUT2D eigenvalue weighted by Gasteiger charge is 2.13. The maximum atomic E-state index is 13.5. The second-order valence-corrected chi connectivity index (χ2v) is 4.52. The summed E-state index contributed by atoms with van der Waals surface area (Å²) >= 11 is 0. The van der Waals surface area contributed by atoms with Gasteiger partial charge in [0.1, 0.15) is 11.6 Å². The van der Waals surface area contributed by atoms with E-state index in [1.807, 2.05) is 19.1 Å². The standard InChI is InChI=1S/C15H13FN2O4/c1-10-4-2-3-5-14(10)22-9-15(19)17-13-8-11(18(20)21)6-7-12(13)16/h2-8H,9H2,1H3,(H,17,19). The number of aryl methyl sites for hydroxylation is 1. The topological polar surface area (TPSA) is 81.5 Å². The van der Waals surface area contributed by atoms with E-state index >= 15 is 0 Å². The van der Waals surface area contributed by atoms with Crippen LogP contribution in [0.3, 0.4) is 0 Å². The van der Waals surface area contributed by atoms with Crippen LogP contribution in [0.2, 0.25) is 0 Å². The van der Waals surface area contributed by atoms with E-state index in [0.29, 0.717) is 5.75 Å². The molecule has 114 valence electrons. The summed E-state index contributed by atoms with van der Waals surface area (Å²) in [6, 6.07) is 10.0. The Morgan fingerprint density at radius 1 is 1.32 bits per heavy atom. The lowest BCUT2D eigenvalue weighted by molar-refractivity contribution is -0.384. The van der Waals surface area contributed by atoms with Crippen LogP contribution < -0.4 is 10.1 Å². The molecular weight excluding hydrogens is 291 g/mol. The predicted octanol–water partition coefficient (Wildman–Crippen LogP) is 3.06. The monoisotopic (exact) mass is 304 g/mol. The molecule has 0 atom stereocenters. The van der Waals surface area contributed by atoms with Crippen LogP contribution in [0.15, 0.2) is 42.5 Å². The van der Waals surface area contributed by atoms with Crippen LogP contribution in [0.4, 0.5) is 15.8 Å². The molecular formula is C15H13FN2O4. The number of nitro benzene ring substituents is 1. The van der Waals surface area contributed by atoms with Gasteiger partial charge in [0.25, 0.3) is 11.6 Å². The minimum absolute atomic E-state index is 0.257. The summed E-state index contributed by atoms with van der Waals surface area (Å²) in [7, 11) is 0. The average Bonchev–Trinajstić information content (AvgIpc) is 2.48. The van der Waals surface area contributed by atoms with Crippen molar-refractivity contribution in [3.63, 3.8) is 0 Å². The molecule has 2 aromatic carbocycles. The van der Waals surface area contributed by atoms with Gasteiger partial charge in [-0.05, 0) is 24.6 Å². The van der Waals surface area contributed by atoms with Crippen molar-refractivity contribution in [2.75, 3.05) is 11.9 Å². The van der Waals surface area contributed by atoms with Crippen molar-refractivity contribution in [1.29, 1.82) is 0 Å². The second kappa shape index (κ2) is 6.66. The van der Waals surface area contributed by atoms with Gasteiger partial charge in [-0.1, -0.05) is 18.2 Å². The van der Waals surface area contributed by atoms with Gasteiger partial charge in [0.05, 0.1) is 10.6 Å². The van der Waals surface area contributed by atoms with E-state index in [0.717, 1.165) is 23.8 Å². The first-order valence-corrected chi connectivity index (χ1v) is 6.39. The number of hydrogen-bond donors (Lipinski definition) is 1. The molecule has 2 rings (SSSR count). The summed E-state index contributed by atoms with van der Waals surface area (Å²) < 4.78 is 18.9. The van der Waals surface area contributed by atoms with Gasteiger partial charge >= 0.3 is 0 Å². The number of nitro groups is 1. The minimum atomic E-state index is -0.755. The molecule has 0 aromatic heterocycles. The summed E-state index contributed by atoms with van der Waals surface area (Å²) in [5.74, 6) is -0.824. The molecule has 0 radical (unpaired) electrons. The third-order valence-electron chi connectivity index (χ3n) is 2.89. The van der Waals surface area contributed by atoms with E-state index in [-0.39, 0.29) is 18.0 Å². The quantitative estimate of drug-likeness (QED) is 0.680. The van der Waals surface area contributed by atoms with E-state index in [2.05, 4.69) is 5.32 Å². The van der Waals surface area contributed by atoms with Crippen molar-refractivity contribution < 1.29 is 18.8 Å². The summed E-state index contributed by atoms with van der Waals surface area (Å²) in [6.45, 7) is 1.50. The Morgan fingerprint density at radius 2 is 2.05 bits per heavy atom. The van der Waals surface area contributed by atoms with Crippen LogP contribution in [-0.2, 0) is 4.79 Å². The maximum absolute atomic E-state index is 13.5. The van der Waals surface area contributed by atoms with Crippen LogP contribution in [0.25, 0.3) is 0 Å². The number of rotatable bonds is 5.